The van der Waals surface area contributed by atoms with Crippen molar-refractivity contribution in [1.29, 1.82) is 0 Å². The predicted molar refractivity (Wildman–Crippen MR) is 93.6 cm³/mol. The molecule has 1 aromatic rings. The molecule has 1 saturated heterocycles. The van der Waals surface area contributed by atoms with Crippen molar-refractivity contribution < 1.29 is 18.0 Å². The van der Waals surface area contributed by atoms with Gasteiger partial charge >= 0.3 is 0 Å². The lowest BCUT2D eigenvalue weighted by Gasteiger charge is -2.26. The average molecular weight is 352 g/mol. The second-order valence-electron chi connectivity index (χ2n) is 6.39. The molecule has 0 aliphatic carbocycles. The van der Waals surface area contributed by atoms with E-state index in [4.69, 9.17) is 0 Å². The number of carbonyl (C=O) groups excluding carboxylic acids is 2. The van der Waals surface area contributed by atoms with Crippen LogP contribution < -0.4 is 5.32 Å². The van der Waals surface area contributed by atoms with Crippen LogP contribution in [0.2, 0.25) is 0 Å². The molecule has 0 aromatic heterocycles. The molecule has 0 spiro atoms. The molecule has 1 aliphatic rings. The number of amides is 2. The lowest BCUT2D eigenvalue weighted by Crippen LogP contribution is -2.41. The van der Waals surface area contributed by atoms with Crippen molar-refractivity contribution in [3.05, 3.63) is 29.3 Å². The maximum absolute atomic E-state index is 12.2. The maximum Gasteiger partial charge on any atom is 0.226 e. The van der Waals surface area contributed by atoms with Crippen molar-refractivity contribution in [2.75, 3.05) is 23.4 Å². The Hall–Kier alpha value is -1.89. The molecule has 1 unspecified atom stereocenters. The number of carbonyl (C=O) groups is 2. The first kappa shape index (κ1) is 18.4. The van der Waals surface area contributed by atoms with Crippen LogP contribution in [0.3, 0.4) is 0 Å². The van der Waals surface area contributed by atoms with Gasteiger partial charge in [-0.15, -0.1) is 0 Å². The van der Waals surface area contributed by atoms with E-state index in [-0.39, 0.29) is 42.3 Å². The van der Waals surface area contributed by atoms with Crippen molar-refractivity contribution >= 4 is 27.3 Å². The van der Waals surface area contributed by atoms with Crippen LogP contribution in [-0.4, -0.2) is 49.2 Å². The first-order valence-corrected chi connectivity index (χ1v) is 9.85. The van der Waals surface area contributed by atoms with E-state index in [2.05, 4.69) is 5.32 Å². The van der Waals surface area contributed by atoms with Gasteiger partial charge in [0.2, 0.25) is 11.8 Å². The van der Waals surface area contributed by atoms with E-state index in [9.17, 15) is 18.0 Å². The van der Waals surface area contributed by atoms with Gasteiger partial charge in [-0.25, -0.2) is 8.42 Å². The fraction of sp³-hybridized carbons (Fsp3) is 0.529. The third kappa shape index (κ3) is 4.80. The quantitative estimate of drug-likeness (QED) is 0.874. The van der Waals surface area contributed by atoms with Crippen molar-refractivity contribution in [1.82, 2.24) is 4.90 Å². The maximum atomic E-state index is 12.2. The summed E-state index contributed by atoms with van der Waals surface area (Å²) in [6, 6.07) is 5.50. The highest BCUT2D eigenvalue weighted by atomic mass is 32.2. The highest BCUT2D eigenvalue weighted by Gasteiger charge is 2.33. The Kier molecular flexibility index (Phi) is 5.64. The number of hydrogen-bond donors (Lipinski definition) is 1. The Morgan fingerprint density at radius 1 is 1.29 bits per heavy atom. The number of hydrogen-bond acceptors (Lipinski definition) is 4. The average Bonchev–Trinajstić information content (AvgIpc) is 2.82. The van der Waals surface area contributed by atoms with E-state index in [1.165, 1.54) is 11.8 Å². The Morgan fingerprint density at radius 3 is 2.58 bits per heavy atom. The van der Waals surface area contributed by atoms with Crippen LogP contribution in [0.1, 0.15) is 30.9 Å². The van der Waals surface area contributed by atoms with Crippen LogP contribution in [-0.2, 0) is 19.4 Å². The molecule has 0 saturated carbocycles. The summed E-state index contributed by atoms with van der Waals surface area (Å²) in [5, 5.41) is 2.86. The number of nitrogens with zero attached hydrogens (tertiary/aromatic N) is 1. The Balaban J connectivity index is 1.95. The first-order valence-electron chi connectivity index (χ1n) is 8.03. The van der Waals surface area contributed by atoms with Crippen molar-refractivity contribution in [3.63, 3.8) is 0 Å². The number of benzene rings is 1. The molecule has 1 aromatic carbocycles. The standard InChI is InChI=1S/C17H24N2O4S/c1-12-4-5-13(2)16(10-12)18-17(21)6-8-19(14(3)20)15-7-9-24(22,23)11-15/h4-5,10,15H,6-9,11H2,1-3H3,(H,18,21). The van der Waals surface area contributed by atoms with Crippen LogP contribution in [0, 0.1) is 13.8 Å². The molecule has 0 radical (unpaired) electrons. The van der Waals surface area contributed by atoms with Gasteiger partial charge in [-0.2, -0.15) is 0 Å². The van der Waals surface area contributed by atoms with Gasteiger partial charge in [-0.1, -0.05) is 12.1 Å². The summed E-state index contributed by atoms with van der Waals surface area (Å²) in [7, 11) is -3.07. The Bertz CT molecular complexity index is 743. The van der Waals surface area contributed by atoms with Crippen LogP contribution >= 0.6 is 0 Å². The smallest absolute Gasteiger partial charge is 0.226 e. The molecule has 1 atom stereocenters. The fourth-order valence-electron chi connectivity index (χ4n) is 2.92. The zero-order chi connectivity index (χ0) is 17.9. The molecule has 2 amide bonds. The molecule has 1 aliphatic heterocycles. The fourth-order valence-corrected chi connectivity index (χ4v) is 4.65. The second kappa shape index (κ2) is 7.34. The van der Waals surface area contributed by atoms with E-state index < -0.39 is 9.84 Å². The number of anilines is 1. The molecule has 24 heavy (non-hydrogen) atoms. The van der Waals surface area contributed by atoms with Crippen LogP contribution in [0.15, 0.2) is 18.2 Å². The summed E-state index contributed by atoms with van der Waals surface area (Å²) in [5.74, 6) is -0.283. The number of nitrogens with one attached hydrogen (secondary N) is 1. The van der Waals surface area contributed by atoms with Gasteiger partial charge in [-0.05, 0) is 37.5 Å². The second-order valence-corrected chi connectivity index (χ2v) is 8.61. The lowest BCUT2D eigenvalue weighted by atomic mass is 10.1. The summed E-state index contributed by atoms with van der Waals surface area (Å²) >= 11 is 0. The summed E-state index contributed by atoms with van der Waals surface area (Å²) in [6.45, 7) is 5.51. The molecule has 2 rings (SSSR count). The topological polar surface area (TPSA) is 83.6 Å². The summed E-state index contributed by atoms with van der Waals surface area (Å²) in [6.07, 6.45) is 0.587. The van der Waals surface area contributed by atoms with Gasteiger partial charge in [-0.3, -0.25) is 9.59 Å². The summed E-state index contributed by atoms with van der Waals surface area (Å²) in [4.78, 5) is 25.5. The molecule has 1 heterocycles. The van der Waals surface area contributed by atoms with Crippen molar-refractivity contribution in [2.24, 2.45) is 0 Å². The van der Waals surface area contributed by atoms with Crippen molar-refractivity contribution in [3.8, 4) is 0 Å². The van der Waals surface area contributed by atoms with Crippen LogP contribution in [0.4, 0.5) is 5.69 Å². The van der Waals surface area contributed by atoms with Gasteiger partial charge in [0.15, 0.2) is 9.84 Å². The minimum absolute atomic E-state index is 0.00874. The normalized spacial score (nSPS) is 19.0. The van der Waals surface area contributed by atoms with Gasteiger partial charge in [0.05, 0.1) is 11.5 Å². The molecule has 0 bridgehead atoms. The summed E-state index contributed by atoms with van der Waals surface area (Å²) in [5.41, 5.74) is 2.79. The van der Waals surface area contributed by atoms with Gasteiger partial charge in [0.25, 0.3) is 0 Å². The molecule has 1 N–H and O–H groups in total. The summed E-state index contributed by atoms with van der Waals surface area (Å²) < 4.78 is 23.2. The minimum atomic E-state index is -3.07. The minimum Gasteiger partial charge on any atom is -0.338 e. The molecule has 1 fully saturated rings. The number of sulfone groups is 1. The van der Waals surface area contributed by atoms with Gasteiger partial charge < -0.3 is 10.2 Å². The SMILES string of the molecule is CC(=O)N(CCC(=O)Nc1cc(C)ccc1C)C1CCS(=O)(=O)C1. The van der Waals surface area contributed by atoms with E-state index in [1.54, 1.807) is 0 Å². The highest BCUT2D eigenvalue weighted by Crippen LogP contribution is 2.19. The first-order chi connectivity index (χ1) is 11.2. The number of rotatable bonds is 5. The van der Waals surface area contributed by atoms with Crippen LogP contribution in [0.25, 0.3) is 0 Å². The zero-order valence-corrected chi connectivity index (χ0v) is 15.1. The van der Waals surface area contributed by atoms with E-state index >= 15 is 0 Å². The van der Waals surface area contributed by atoms with Crippen LogP contribution in [0.5, 0.6) is 0 Å². The van der Waals surface area contributed by atoms with Crippen molar-refractivity contribution in [2.45, 2.75) is 39.7 Å². The molecule has 6 nitrogen and oxygen atoms in total. The third-order valence-electron chi connectivity index (χ3n) is 4.30. The molecule has 7 heteroatoms. The lowest BCUT2D eigenvalue weighted by molar-refractivity contribution is -0.131. The van der Waals surface area contributed by atoms with Gasteiger partial charge in [0, 0.05) is 31.6 Å². The van der Waals surface area contributed by atoms with E-state index in [1.807, 2.05) is 32.0 Å². The molecular formula is C17H24N2O4S. The third-order valence-corrected chi connectivity index (χ3v) is 6.05. The number of aryl methyl sites for hydroxylation is 2. The Labute approximate surface area is 143 Å². The largest absolute Gasteiger partial charge is 0.338 e. The van der Waals surface area contributed by atoms with E-state index in [0.717, 1.165) is 16.8 Å². The molecule has 132 valence electrons. The molecular weight excluding hydrogens is 328 g/mol. The van der Waals surface area contributed by atoms with E-state index in [0.29, 0.717) is 6.42 Å². The zero-order valence-electron chi connectivity index (χ0n) is 14.3. The Morgan fingerprint density at radius 2 is 2.00 bits per heavy atom. The monoisotopic (exact) mass is 352 g/mol. The highest BCUT2D eigenvalue weighted by molar-refractivity contribution is 7.91. The predicted octanol–water partition coefficient (Wildman–Crippen LogP) is 1.67. The van der Waals surface area contributed by atoms with Gasteiger partial charge in [0.1, 0.15) is 0 Å².